The molecule has 0 saturated heterocycles. The van der Waals surface area contributed by atoms with Crippen LogP contribution in [-0.2, 0) is 0 Å². The van der Waals surface area contributed by atoms with Crippen molar-refractivity contribution in [3.63, 3.8) is 0 Å². The lowest BCUT2D eigenvalue weighted by Gasteiger charge is -2.66. The SMILES string of the molecule is CCCC(C)CC(N)CC12CC3CC(C)(CC(C)(C3)C1)C2. The topological polar surface area (TPSA) is 26.0 Å². The highest BCUT2D eigenvalue weighted by molar-refractivity contribution is 5.10. The fourth-order valence-electron chi connectivity index (χ4n) is 7.68. The monoisotopic (exact) mass is 291 g/mol. The quantitative estimate of drug-likeness (QED) is 0.684. The largest absolute Gasteiger partial charge is 0.328 e. The molecule has 4 unspecified atom stereocenters. The zero-order valence-electron chi connectivity index (χ0n) is 14.9. The second-order valence-electron chi connectivity index (χ2n) is 10.2. The number of nitrogens with two attached hydrogens (primary N) is 1. The minimum Gasteiger partial charge on any atom is -0.328 e. The summed E-state index contributed by atoms with van der Waals surface area (Å²) in [6.07, 6.45) is 14.1. The first-order valence-electron chi connectivity index (χ1n) is 9.51. The summed E-state index contributed by atoms with van der Waals surface area (Å²) in [4.78, 5) is 0. The lowest BCUT2D eigenvalue weighted by Crippen LogP contribution is -2.56. The van der Waals surface area contributed by atoms with Gasteiger partial charge in [0, 0.05) is 6.04 Å². The van der Waals surface area contributed by atoms with Crippen LogP contribution in [0.5, 0.6) is 0 Å². The van der Waals surface area contributed by atoms with Gasteiger partial charge in [-0.3, -0.25) is 0 Å². The molecule has 21 heavy (non-hydrogen) atoms. The smallest absolute Gasteiger partial charge is 0.00466 e. The van der Waals surface area contributed by atoms with E-state index in [2.05, 4.69) is 27.7 Å². The minimum absolute atomic E-state index is 0.440. The van der Waals surface area contributed by atoms with E-state index in [1.165, 1.54) is 64.2 Å². The molecule has 0 aromatic rings. The first-order chi connectivity index (χ1) is 9.76. The van der Waals surface area contributed by atoms with E-state index in [1.807, 2.05) is 0 Å². The van der Waals surface area contributed by atoms with Crippen molar-refractivity contribution in [3.8, 4) is 0 Å². The number of hydrogen-bond donors (Lipinski definition) is 1. The van der Waals surface area contributed by atoms with E-state index in [4.69, 9.17) is 5.73 Å². The lowest BCUT2D eigenvalue weighted by atomic mass is 9.39. The van der Waals surface area contributed by atoms with Gasteiger partial charge in [0.25, 0.3) is 0 Å². The van der Waals surface area contributed by atoms with Gasteiger partial charge < -0.3 is 5.73 Å². The number of rotatable bonds is 6. The van der Waals surface area contributed by atoms with Crippen molar-refractivity contribution in [2.75, 3.05) is 0 Å². The first-order valence-corrected chi connectivity index (χ1v) is 9.51. The summed E-state index contributed by atoms with van der Waals surface area (Å²) in [6, 6.07) is 0.440. The summed E-state index contributed by atoms with van der Waals surface area (Å²) < 4.78 is 0. The van der Waals surface area contributed by atoms with Gasteiger partial charge in [-0.05, 0) is 79.4 Å². The van der Waals surface area contributed by atoms with Crippen molar-refractivity contribution in [2.24, 2.45) is 33.8 Å². The average Bonchev–Trinajstić information content (AvgIpc) is 2.21. The Labute approximate surface area is 132 Å². The molecule has 4 aliphatic carbocycles. The zero-order chi connectivity index (χ0) is 15.3. The Bertz CT molecular complexity index is 369. The van der Waals surface area contributed by atoms with Crippen molar-refractivity contribution in [1.82, 2.24) is 0 Å². The molecule has 122 valence electrons. The van der Waals surface area contributed by atoms with E-state index in [1.54, 1.807) is 0 Å². The Kier molecular flexibility index (Phi) is 3.96. The molecule has 1 heteroatoms. The average molecular weight is 292 g/mol. The summed E-state index contributed by atoms with van der Waals surface area (Å²) in [5.74, 6) is 1.82. The van der Waals surface area contributed by atoms with Gasteiger partial charge in [-0.25, -0.2) is 0 Å². The predicted octanol–water partition coefficient (Wildman–Crippen LogP) is 5.53. The molecule has 2 N–H and O–H groups in total. The molecule has 1 nitrogen and oxygen atoms in total. The molecule has 0 aromatic carbocycles. The lowest BCUT2D eigenvalue weighted by molar-refractivity contribution is -0.149. The third-order valence-corrected chi connectivity index (χ3v) is 6.92. The highest BCUT2D eigenvalue weighted by Gasteiger charge is 2.59. The van der Waals surface area contributed by atoms with Crippen molar-refractivity contribution in [2.45, 2.75) is 97.9 Å². The molecule has 4 fully saturated rings. The van der Waals surface area contributed by atoms with E-state index in [0.29, 0.717) is 22.3 Å². The minimum atomic E-state index is 0.440. The molecule has 0 amide bonds. The maximum Gasteiger partial charge on any atom is 0.00466 e. The van der Waals surface area contributed by atoms with Crippen LogP contribution in [0, 0.1) is 28.1 Å². The highest BCUT2D eigenvalue weighted by atomic mass is 14.7. The summed E-state index contributed by atoms with van der Waals surface area (Å²) in [5.41, 5.74) is 8.50. The van der Waals surface area contributed by atoms with Gasteiger partial charge in [-0.1, -0.05) is 40.5 Å². The van der Waals surface area contributed by atoms with Crippen molar-refractivity contribution in [3.05, 3.63) is 0 Å². The molecule has 4 atom stereocenters. The van der Waals surface area contributed by atoms with Gasteiger partial charge in [0.15, 0.2) is 0 Å². The molecule has 0 heterocycles. The first kappa shape index (κ1) is 15.8. The molecule has 0 spiro atoms. The second kappa shape index (κ2) is 5.25. The summed E-state index contributed by atoms with van der Waals surface area (Å²) in [6.45, 7) is 9.85. The van der Waals surface area contributed by atoms with Gasteiger partial charge in [-0.2, -0.15) is 0 Å². The van der Waals surface area contributed by atoms with Gasteiger partial charge in [0.2, 0.25) is 0 Å². The Morgan fingerprint density at radius 1 is 1.05 bits per heavy atom. The highest BCUT2D eigenvalue weighted by Crippen LogP contribution is 2.70. The Morgan fingerprint density at radius 2 is 1.67 bits per heavy atom. The van der Waals surface area contributed by atoms with Crippen molar-refractivity contribution < 1.29 is 0 Å². The third-order valence-electron chi connectivity index (χ3n) is 6.92. The molecule has 0 aromatic heterocycles. The zero-order valence-corrected chi connectivity index (χ0v) is 14.9. The standard InChI is InChI=1S/C20H37N/c1-5-6-15(2)7-17(21)11-20-10-16-8-18(3,13-20)12-19(4,9-16)14-20/h15-17H,5-14,21H2,1-4H3. The molecule has 0 aliphatic heterocycles. The van der Waals surface area contributed by atoms with Crippen LogP contribution in [0.2, 0.25) is 0 Å². The Balaban J connectivity index is 1.67. The summed E-state index contributed by atoms with van der Waals surface area (Å²) >= 11 is 0. The normalized spacial score (nSPS) is 47.6. The van der Waals surface area contributed by atoms with Gasteiger partial charge in [0.05, 0.1) is 0 Å². The van der Waals surface area contributed by atoms with E-state index >= 15 is 0 Å². The molecule has 4 bridgehead atoms. The summed E-state index contributed by atoms with van der Waals surface area (Å²) in [7, 11) is 0. The van der Waals surface area contributed by atoms with Crippen LogP contribution < -0.4 is 5.73 Å². The van der Waals surface area contributed by atoms with E-state index in [9.17, 15) is 0 Å². The summed E-state index contributed by atoms with van der Waals surface area (Å²) in [5, 5.41) is 0. The molecular formula is C20H37N. The van der Waals surface area contributed by atoms with E-state index in [-0.39, 0.29) is 0 Å². The molecule has 4 rings (SSSR count). The molecular weight excluding hydrogens is 254 g/mol. The van der Waals surface area contributed by atoms with Crippen LogP contribution in [-0.4, -0.2) is 6.04 Å². The number of hydrogen-bond acceptors (Lipinski definition) is 1. The van der Waals surface area contributed by atoms with Crippen molar-refractivity contribution >= 4 is 0 Å². The Morgan fingerprint density at radius 3 is 2.19 bits per heavy atom. The van der Waals surface area contributed by atoms with Crippen LogP contribution in [0.1, 0.15) is 91.9 Å². The molecule has 4 aliphatic rings. The molecule has 4 saturated carbocycles. The van der Waals surface area contributed by atoms with Gasteiger partial charge >= 0.3 is 0 Å². The van der Waals surface area contributed by atoms with Gasteiger partial charge in [-0.15, -0.1) is 0 Å². The predicted molar refractivity (Wildman–Crippen MR) is 91.1 cm³/mol. The fraction of sp³-hybridized carbons (Fsp3) is 1.00. The second-order valence-corrected chi connectivity index (χ2v) is 10.2. The van der Waals surface area contributed by atoms with Crippen LogP contribution in [0.25, 0.3) is 0 Å². The van der Waals surface area contributed by atoms with E-state index < -0.39 is 0 Å². The Hall–Kier alpha value is -0.0400. The fourth-order valence-corrected chi connectivity index (χ4v) is 7.68. The maximum atomic E-state index is 6.61. The maximum absolute atomic E-state index is 6.61. The molecule has 0 radical (unpaired) electrons. The van der Waals surface area contributed by atoms with Crippen LogP contribution >= 0.6 is 0 Å². The van der Waals surface area contributed by atoms with E-state index in [0.717, 1.165) is 11.8 Å². The van der Waals surface area contributed by atoms with Crippen LogP contribution in [0.4, 0.5) is 0 Å². The van der Waals surface area contributed by atoms with Crippen LogP contribution in [0.15, 0.2) is 0 Å². The van der Waals surface area contributed by atoms with Gasteiger partial charge in [0.1, 0.15) is 0 Å². The third kappa shape index (κ3) is 3.19. The van der Waals surface area contributed by atoms with Crippen molar-refractivity contribution in [1.29, 1.82) is 0 Å². The van der Waals surface area contributed by atoms with Crippen LogP contribution in [0.3, 0.4) is 0 Å².